The molecule has 1 saturated heterocycles. The number of nitrogens with one attached hydrogen (secondary N) is 1. The molecule has 0 spiro atoms. The van der Waals surface area contributed by atoms with E-state index in [1.165, 1.54) is 32.6 Å². The van der Waals surface area contributed by atoms with Gasteiger partial charge < -0.3 is 15.1 Å². The lowest BCUT2D eigenvalue weighted by Crippen LogP contribution is -2.47. The molecular formula is C12H27N3. The molecule has 3 heteroatoms. The molecule has 0 saturated carbocycles. The molecular weight excluding hydrogens is 186 g/mol. The average Bonchev–Trinajstić information content (AvgIpc) is 2.52. The van der Waals surface area contributed by atoms with Crippen LogP contribution in [0.15, 0.2) is 0 Å². The van der Waals surface area contributed by atoms with Crippen molar-refractivity contribution in [3.63, 3.8) is 0 Å². The molecule has 0 radical (unpaired) electrons. The van der Waals surface area contributed by atoms with E-state index in [0.29, 0.717) is 0 Å². The van der Waals surface area contributed by atoms with Gasteiger partial charge in [0.15, 0.2) is 0 Å². The monoisotopic (exact) mass is 213 g/mol. The van der Waals surface area contributed by atoms with Gasteiger partial charge in [-0.3, -0.25) is 0 Å². The SMILES string of the molecule is CNCC1CCN(CC(C)(C)N(C)C)C1. The fourth-order valence-electron chi connectivity index (χ4n) is 2.20. The number of likely N-dealkylation sites (N-methyl/N-ethyl adjacent to an activating group) is 1. The molecule has 0 aromatic heterocycles. The Hall–Kier alpha value is -0.120. The molecule has 0 aliphatic carbocycles. The van der Waals surface area contributed by atoms with E-state index in [2.05, 4.69) is 43.1 Å². The van der Waals surface area contributed by atoms with Crippen LogP contribution in [0.1, 0.15) is 20.3 Å². The van der Waals surface area contributed by atoms with Gasteiger partial charge in [0, 0.05) is 18.6 Å². The van der Waals surface area contributed by atoms with Gasteiger partial charge in [-0.25, -0.2) is 0 Å². The lowest BCUT2D eigenvalue weighted by molar-refractivity contribution is 0.131. The third kappa shape index (κ3) is 3.74. The highest BCUT2D eigenvalue weighted by molar-refractivity contribution is 4.85. The summed E-state index contributed by atoms with van der Waals surface area (Å²) in [7, 11) is 6.38. The van der Waals surface area contributed by atoms with Crippen LogP contribution in [-0.2, 0) is 0 Å². The van der Waals surface area contributed by atoms with Crippen molar-refractivity contribution in [1.82, 2.24) is 15.1 Å². The maximum atomic E-state index is 3.28. The van der Waals surface area contributed by atoms with Crippen molar-refractivity contribution in [2.45, 2.75) is 25.8 Å². The number of nitrogens with zero attached hydrogens (tertiary/aromatic N) is 2. The molecule has 0 bridgehead atoms. The predicted molar refractivity (Wildman–Crippen MR) is 66.2 cm³/mol. The van der Waals surface area contributed by atoms with Crippen molar-refractivity contribution in [3.05, 3.63) is 0 Å². The molecule has 1 atom stereocenters. The average molecular weight is 213 g/mol. The fraction of sp³-hybridized carbons (Fsp3) is 1.00. The van der Waals surface area contributed by atoms with E-state index in [-0.39, 0.29) is 5.54 Å². The third-order valence-corrected chi connectivity index (χ3v) is 3.68. The van der Waals surface area contributed by atoms with E-state index in [0.717, 1.165) is 5.92 Å². The molecule has 90 valence electrons. The quantitative estimate of drug-likeness (QED) is 0.731. The van der Waals surface area contributed by atoms with Crippen LogP contribution < -0.4 is 5.32 Å². The lowest BCUT2D eigenvalue weighted by Gasteiger charge is -2.36. The van der Waals surface area contributed by atoms with Crippen LogP contribution in [0.25, 0.3) is 0 Å². The molecule has 1 N–H and O–H groups in total. The zero-order chi connectivity index (χ0) is 11.5. The highest BCUT2D eigenvalue weighted by atomic mass is 15.2. The Kier molecular flexibility index (Phi) is 4.56. The summed E-state index contributed by atoms with van der Waals surface area (Å²) in [6.07, 6.45) is 1.35. The summed E-state index contributed by atoms with van der Waals surface area (Å²) in [4.78, 5) is 4.92. The van der Waals surface area contributed by atoms with Gasteiger partial charge in [-0.05, 0) is 60.4 Å². The molecule has 0 aromatic rings. The first kappa shape index (κ1) is 12.9. The number of rotatable bonds is 5. The highest BCUT2D eigenvalue weighted by Gasteiger charge is 2.28. The first-order valence-corrected chi connectivity index (χ1v) is 6.00. The minimum absolute atomic E-state index is 0.286. The lowest BCUT2D eigenvalue weighted by atomic mass is 10.0. The Morgan fingerprint density at radius 1 is 1.40 bits per heavy atom. The summed E-state index contributed by atoms with van der Waals surface area (Å²) in [5.74, 6) is 0.855. The van der Waals surface area contributed by atoms with Crippen molar-refractivity contribution in [1.29, 1.82) is 0 Å². The topological polar surface area (TPSA) is 18.5 Å². The van der Waals surface area contributed by atoms with Crippen molar-refractivity contribution in [2.24, 2.45) is 5.92 Å². The van der Waals surface area contributed by atoms with E-state index in [1.807, 2.05) is 7.05 Å². The molecule has 0 aromatic carbocycles. The molecule has 0 amide bonds. The number of likely N-dealkylation sites (tertiary alicyclic amines) is 1. The molecule has 1 aliphatic rings. The first-order chi connectivity index (χ1) is 6.95. The Morgan fingerprint density at radius 3 is 2.60 bits per heavy atom. The Balaban J connectivity index is 2.35. The summed E-state index contributed by atoms with van der Waals surface area (Å²) in [5, 5.41) is 3.28. The van der Waals surface area contributed by atoms with Crippen LogP contribution in [0, 0.1) is 5.92 Å². The van der Waals surface area contributed by atoms with Crippen molar-refractivity contribution < 1.29 is 0 Å². The second-order valence-corrected chi connectivity index (χ2v) is 5.65. The van der Waals surface area contributed by atoms with Gasteiger partial charge >= 0.3 is 0 Å². The minimum Gasteiger partial charge on any atom is -0.319 e. The maximum Gasteiger partial charge on any atom is 0.0274 e. The summed E-state index contributed by atoms with van der Waals surface area (Å²) in [6, 6.07) is 0. The van der Waals surface area contributed by atoms with Crippen LogP contribution in [0.2, 0.25) is 0 Å². The molecule has 1 fully saturated rings. The van der Waals surface area contributed by atoms with Crippen LogP contribution in [0.3, 0.4) is 0 Å². The summed E-state index contributed by atoms with van der Waals surface area (Å²) < 4.78 is 0. The summed E-state index contributed by atoms with van der Waals surface area (Å²) in [5.41, 5.74) is 0.286. The van der Waals surface area contributed by atoms with Gasteiger partial charge in [-0.2, -0.15) is 0 Å². The smallest absolute Gasteiger partial charge is 0.0274 e. The van der Waals surface area contributed by atoms with Gasteiger partial charge in [0.25, 0.3) is 0 Å². The van der Waals surface area contributed by atoms with E-state index in [1.54, 1.807) is 0 Å². The first-order valence-electron chi connectivity index (χ1n) is 6.00. The number of hydrogen-bond donors (Lipinski definition) is 1. The normalized spacial score (nSPS) is 24.0. The molecule has 1 unspecified atom stereocenters. The minimum atomic E-state index is 0.286. The largest absolute Gasteiger partial charge is 0.319 e. The Bertz CT molecular complexity index is 189. The summed E-state index contributed by atoms with van der Waals surface area (Å²) >= 11 is 0. The van der Waals surface area contributed by atoms with Gasteiger partial charge in [0.2, 0.25) is 0 Å². The fourth-order valence-corrected chi connectivity index (χ4v) is 2.20. The zero-order valence-electron chi connectivity index (χ0n) is 11.0. The third-order valence-electron chi connectivity index (χ3n) is 3.68. The standard InChI is InChI=1S/C12H27N3/c1-12(2,14(4)5)10-15-7-6-11(9-15)8-13-3/h11,13H,6-10H2,1-5H3. The van der Waals surface area contributed by atoms with Crippen molar-refractivity contribution in [2.75, 3.05) is 47.3 Å². The van der Waals surface area contributed by atoms with Crippen LogP contribution in [0.4, 0.5) is 0 Å². The molecule has 1 heterocycles. The maximum absolute atomic E-state index is 3.28. The van der Waals surface area contributed by atoms with Crippen LogP contribution in [-0.4, -0.2) is 62.7 Å². The summed E-state index contributed by atoms with van der Waals surface area (Å²) in [6.45, 7) is 9.51. The van der Waals surface area contributed by atoms with E-state index in [4.69, 9.17) is 0 Å². The van der Waals surface area contributed by atoms with Crippen LogP contribution in [0.5, 0.6) is 0 Å². The van der Waals surface area contributed by atoms with Gasteiger partial charge in [-0.15, -0.1) is 0 Å². The molecule has 1 rings (SSSR count). The number of hydrogen-bond acceptors (Lipinski definition) is 3. The highest BCUT2D eigenvalue weighted by Crippen LogP contribution is 2.20. The van der Waals surface area contributed by atoms with Crippen molar-refractivity contribution >= 4 is 0 Å². The van der Waals surface area contributed by atoms with E-state index >= 15 is 0 Å². The molecule has 3 nitrogen and oxygen atoms in total. The van der Waals surface area contributed by atoms with Crippen molar-refractivity contribution in [3.8, 4) is 0 Å². The second kappa shape index (κ2) is 5.28. The Morgan fingerprint density at radius 2 is 2.07 bits per heavy atom. The van der Waals surface area contributed by atoms with Gasteiger partial charge in [-0.1, -0.05) is 0 Å². The predicted octanol–water partition coefficient (Wildman–Crippen LogP) is 0.868. The van der Waals surface area contributed by atoms with Crippen LogP contribution >= 0.6 is 0 Å². The Labute approximate surface area is 94.8 Å². The van der Waals surface area contributed by atoms with Gasteiger partial charge in [0.05, 0.1) is 0 Å². The molecule has 15 heavy (non-hydrogen) atoms. The van der Waals surface area contributed by atoms with Gasteiger partial charge in [0.1, 0.15) is 0 Å². The van der Waals surface area contributed by atoms with E-state index in [9.17, 15) is 0 Å². The molecule has 1 aliphatic heterocycles. The zero-order valence-corrected chi connectivity index (χ0v) is 11.0. The second-order valence-electron chi connectivity index (χ2n) is 5.65. The van der Waals surface area contributed by atoms with E-state index < -0.39 is 0 Å².